The minimum absolute atomic E-state index is 0.0522. The van der Waals surface area contributed by atoms with Crippen LogP contribution in [-0.4, -0.2) is 59.4 Å². The number of hydrogen-bond acceptors (Lipinski definition) is 4. The third-order valence-electron chi connectivity index (χ3n) is 4.13. The van der Waals surface area contributed by atoms with Gasteiger partial charge in [-0.2, -0.15) is 5.10 Å². The summed E-state index contributed by atoms with van der Waals surface area (Å²) in [6.45, 7) is 11.7. The van der Waals surface area contributed by atoms with Crippen LogP contribution >= 0.6 is 0 Å². The Labute approximate surface area is 122 Å². The van der Waals surface area contributed by atoms with Gasteiger partial charge in [-0.1, -0.05) is 20.8 Å². The second-order valence-electron chi connectivity index (χ2n) is 6.95. The van der Waals surface area contributed by atoms with E-state index >= 15 is 0 Å². The van der Waals surface area contributed by atoms with Crippen molar-refractivity contribution in [2.75, 3.05) is 39.8 Å². The van der Waals surface area contributed by atoms with Crippen molar-refractivity contribution >= 4 is 0 Å². The molecule has 0 aromatic carbocycles. The van der Waals surface area contributed by atoms with Gasteiger partial charge in [0.25, 0.3) is 0 Å². The zero-order chi connectivity index (χ0) is 14.9. The van der Waals surface area contributed by atoms with Crippen LogP contribution in [0.1, 0.15) is 38.1 Å². The fraction of sp³-hybridized carbons (Fsp3) is 0.800. The van der Waals surface area contributed by atoms with E-state index in [4.69, 9.17) is 5.73 Å². The first kappa shape index (κ1) is 15.5. The van der Waals surface area contributed by atoms with Gasteiger partial charge in [-0.3, -0.25) is 9.58 Å². The molecule has 5 heteroatoms. The van der Waals surface area contributed by atoms with Crippen LogP contribution in [0, 0.1) is 0 Å². The zero-order valence-electron chi connectivity index (χ0n) is 13.6. The summed E-state index contributed by atoms with van der Waals surface area (Å²) in [4.78, 5) is 4.88. The molecule has 0 bridgehead atoms. The zero-order valence-corrected chi connectivity index (χ0v) is 13.6. The summed E-state index contributed by atoms with van der Waals surface area (Å²) in [7, 11) is 4.18. The largest absolute Gasteiger partial charge is 0.329 e. The highest BCUT2D eigenvalue weighted by molar-refractivity contribution is 5.28. The fourth-order valence-electron chi connectivity index (χ4n) is 2.94. The summed E-state index contributed by atoms with van der Waals surface area (Å²) in [6.07, 6.45) is 2.15. The van der Waals surface area contributed by atoms with E-state index in [2.05, 4.69) is 48.9 Å². The minimum atomic E-state index is 0.0522. The van der Waals surface area contributed by atoms with Gasteiger partial charge in [0.1, 0.15) is 0 Å². The molecule has 0 radical (unpaired) electrons. The first-order valence-corrected chi connectivity index (χ1v) is 7.49. The van der Waals surface area contributed by atoms with Gasteiger partial charge in [-0.15, -0.1) is 0 Å². The van der Waals surface area contributed by atoms with Crippen LogP contribution in [0.15, 0.2) is 6.20 Å². The molecule has 1 unspecified atom stereocenters. The van der Waals surface area contributed by atoms with Crippen molar-refractivity contribution in [3.8, 4) is 0 Å². The molecule has 1 aliphatic heterocycles. The predicted molar refractivity (Wildman–Crippen MR) is 82.8 cm³/mol. The van der Waals surface area contributed by atoms with E-state index in [9.17, 15) is 0 Å². The molecule has 20 heavy (non-hydrogen) atoms. The number of aromatic nitrogens is 2. The Bertz CT molecular complexity index is 438. The molecular formula is C15H29N5. The standard InChI is InChI=1S/C15H29N5/c1-15(2,3)14-12(11-19(5)17-14)13(10-16)20-8-6-18(4)7-9-20/h11,13H,6-10,16H2,1-5H3. The van der Waals surface area contributed by atoms with Gasteiger partial charge in [-0.25, -0.2) is 0 Å². The molecule has 2 heterocycles. The topological polar surface area (TPSA) is 50.3 Å². The number of nitrogens with zero attached hydrogens (tertiary/aromatic N) is 4. The second-order valence-corrected chi connectivity index (χ2v) is 6.95. The molecule has 1 saturated heterocycles. The predicted octanol–water partition coefficient (Wildman–Crippen LogP) is 0.965. The van der Waals surface area contributed by atoms with Gasteiger partial charge in [0.15, 0.2) is 0 Å². The van der Waals surface area contributed by atoms with Crippen molar-refractivity contribution in [2.45, 2.75) is 32.2 Å². The van der Waals surface area contributed by atoms with Crippen LogP contribution < -0.4 is 5.73 Å². The third kappa shape index (κ3) is 3.22. The minimum Gasteiger partial charge on any atom is -0.329 e. The van der Waals surface area contributed by atoms with E-state index in [1.165, 1.54) is 11.3 Å². The lowest BCUT2D eigenvalue weighted by molar-refractivity contribution is 0.113. The smallest absolute Gasteiger partial charge is 0.0726 e. The Morgan fingerprint density at radius 1 is 1.20 bits per heavy atom. The Kier molecular flexibility index (Phi) is 4.52. The molecule has 2 rings (SSSR count). The third-order valence-corrected chi connectivity index (χ3v) is 4.13. The maximum absolute atomic E-state index is 6.10. The van der Waals surface area contributed by atoms with E-state index in [1.807, 2.05) is 11.7 Å². The van der Waals surface area contributed by atoms with Crippen LogP contribution in [-0.2, 0) is 12.5 Å². The van der Waals surface area contributed by atoms with Gasteiger partial charge >= 0.3 is 0 Å². The molecule has 1 fully saturated rings. The number of hydrogen-bond donors (Lipinski definition) is 1. The van der Waals surface area contributed by atoms with Crippen LogP contribution in [0.25, 0.3) is 0 Å². The van der Waals surface area contributed by atoms with Gasteiger partial charge in [-0.05, 0) is 7.05 Å². The monoisotopic (exact) mass is 279 g/mol. The molecule has 1 aromatic rings. The molecular weight excluding hydrogens is 250 g/mol. The number of piperazine rings is 1. The molecule has 1 atom stereocenters. The van der Waals surface area contributed by atoms with Crippen LogP contribution in [0.3, 0.4) is 0 Å². The average molecular weight is 279 g/mol. The van der Waals surface area contributed by atoms with Crippen molar-refractivity contribution in [1.82, 2.24) is 19.6 Å². The lowest BCUT2D eigenvalue weighted by Crippen LogP contribution is -2.47. The van der Waals surface area contributed by atoms with Crippen LogP contribution in [0.4, 0.5) is 0 Å². The number of nitrogens with two attached hydrogens (primary N) is 1. The Morgan fingerprint density at radius 2 is 1.80 bits per heavy atom. The normalized spacial score (nSPS) is 20.3. The number of likely N-dealkylation sites (N-methyl/N-ethyl adjacent to an activating group) is 1. The highest BCUT2D eigenvalue weighted by Crippen LogP contribution is 2.31. The first-order chi connectivity index (χ1) is 9.32. The van der Waals surface area contributed by atoms with Crippen LogP contribution in [0.5, 0.6) is 0 Å². The summed E-state index contributed by atoms with van der Waals surface area (Å²) in [5.41, 5.74) is 8.63. The van der Waals surface area contributed by atoms with Gasteiger partial charge < -0.3 is 10.6 Å². The van der Waals surface area contributed by atoms with Crippen molar-refractivity contribution in [1.29, 1.82) is 0 Å². The van der Waals surface area contributed by atoms with E-state index in [-0.39, 0.29) is 11.5 Å². The van der Waals surface area contributed by atoms with E-state index in [1.54, 1.807) is 0 Å². The lowest BCUT2D eigenvalue weighted by Gasteiger charge is -2.38. The van der Waals surface area contributed by atoms with E-state index in [0.717, 1.165) is 26.2 Å². The molecule has 114 valence electrons. The number of rotatable bonds is 3. The van der Waals surface area contributed by atoms with Crippen molar-refractivity contribution in [3.63, 3.8) is 0 Å². The summed E-state index contributed by atoms with van der Waals surface area (Å²) < 4.78 is 1.93. The number of aryl methyl sites for hydroxylation is 1. The summed E-state index contributed by atoms with van der Waals surface area (Å²) in [5, 5.41) is 4.68. The summed E-state index contributed by atoms with van der Waals surface area (Å²) in [6, 6.07) is 0.284. The molecule has 0 amide bonds. The van der Waals surface area contributed by atoms with Gasteiger partial charge in [0.05, 0.1) is 11.7 Å². The second kappa shape index (κ2) is 5.84. The fourth-order valence-corrected chi connectivity index (χ4v) is 2.94. The van der Waals surface area contributed by atoms with E-state index < -0.39 is 0 Å². The van der Waals surface area contributed by atoms with E-state index in [0.29, 0.717) is 6.54 Å². The molecule has 1 aromatic heterocycles. The van der Waals surface area contributed by atoms with Crippen molar-refractivity contribution in [2.24, 2.45) is 12.8 Å². The Hall–Kier alpha value is -0.910. The highest BCUT2D eigenvalue weighted by Gasteiger charge is 2.30. The quantitative estimate of drug-likeness (QED) is 0.895. The van der Waals surface area contributed by atoms with Gasteiger partial charge in [0, 0.05) is 56.9 Å². The molecule has 0 saturated carbocycles. The SMILES string of the molecule is CN1CCN(C(CN)c2cn(C)nc2C(C)(C)C)CC1. The Balaban J connectivity index is 2.28. The van der Waals surface area contributed by atoms with Gasteiger partial charge in [0.2, 0.25) is 0 Å². The van der Waals surface area contributed by atoms with Crippen molar-refractivity contribution in [3.05, 3.63) is 17.5 Å². The van der Waals surface area contributed by atoms with Crippen molar-refractivity contribution < 1.29 is 0 Å². The maximum atomic E-state index is 6.10. The maximum Gasteiger partial charge on any atom is 0.0726 e. The molecule has 0 aliphatic carbocycles. The lowest BCUT2D eigenvalue weighted by atomic mass is 9.87. The first-order valence-electron chi connectivity index (χ1n) is 7.49. The summed E-state index contributed by atoms with van der Waals surface area (Å²) >= 11 is 0. The molecule has 0 spiro atoms. The van der Waals surface area contributed by atoms with Crippen LogP contribution in [0.2, 0.25) is 0 Å². The molecule has 5 nitrogen and oxygen atoms in total. The summed E-state index contributed by atoms with van der Waals surface area (Å²) in [5.74, 6) is 0. The highest BCUT2D eigenvalue weighted by atomic mass is 15.3. The molecule has 1 aliphatic rings. The Morgan fingerprint density at radius 3 is 2.30 bits per heavy atom. The molecule has 2 N–H and O–H groups in total. The average Bonchev–Trinajstić information content (AvgIpc) is 2.74.